The number of amides is 1. The summed E-state index contributed by atoms with van der Waals surface area (Å²) < 4.78 is 29.5. The van der Waals surface area contributed by atoms with Gasteiger partial charge in [-0.25, -0.2) is 8.78 Å². The zero-order chi connectivity index (χ0) is 20.5. The molecule has 1 amide bonds. The number of nitrogens with zero attached hydrogens (tertiary/aromatic N) is 2. The van der Waals surface area contributed by atoms with E-state index in [2.05, 4.69) is 10.3 Å². The molecule has 0 saturated heterocycles. The summed E-state index contributed by atoms with van der Waals surface area (Å²) in [6.45, 7) is 1.96. The smallest absolute Gasteiger partial charge is 0.255 e. The molecule has 0 bridgehead atoms. The van der Waals surface area contributed by atoms with Crippen LogP contribution in [-0.4, -0.2) is 32.7 Å². The lowest BCUT2D eigenvalue weighted by Gasteiger charge is -2.28. The molecule has 2 aromatic heterocycles. The number of halogens is 2. The fourth-order valence-corrected chi connectivity index (χ4v) is 4.06. The minimum absolute atomic E-state index is 0.0754. The molecule has 1 fully saturated rings. The van der Waals surface area contributed by atoms with Crippen LogP contribution in [0, 0.1) is 18.6 Å². The van der Waals surface area contributed by atoms with Gasteiger partial charge in [-0.15, -0.1) is 0 Å². The minimum atomic E-state index is -0.558. The van der Waals surface area contributed by atoms with Gasteiger partial charge in [0.1, 0.15) is 17.2 Å². The summed E-state index contributed by atoms with van der Waals surface area (Å²) in [5.41, 5.74) is 2.64. The predicted molar refractivity (Wildman–Crippen MR) is 106 cm³/mol. The molecule has 1 aromatic carbocycles. The van der Waals surface area contributed by atoms with Crippen LogP contribution in [0.5, 0.6) is 0 Å². The number of carbonyl (C=O) groups excluding carboxylic acids is 1. The van der Waals surface area contributed by atoms with Gasteiger partial charge in [0, 0.05) is 18.0 Å². The lowest BCUT2D eigenvalue weighted by molar-refractivity contribution is 0.0718. The van der Waals surface area contributed by atoms with E-state index < -0.39 is 17.7 Å². The molecule has 1 aliphatic carbocycles. The van der Waals surface area contributed by atoms with Crippen molar-refractivity contribution in [2.24, 2.45) is 0 Å². The highest BCUT2D eigenvalue weighted by Crippen LogP contribution is 2.25. The third-order valence-electron chi connectivity index (χ3n) is 5.59. The van der Waals surface area contributed by atoms with E-state index in [0.29, 0.717) is 23.0 Å². The zero-order valence-corrected chi connectivity index (χ0v) is 16.2. The number of aliphatic hydroxyl groups is 1. The van der Waals surface area contributed by atoms with Gasteiger partial charge in [-0.1, -0.05) is 12.8 Å². The average Bonchev–Trinajstić information content (AvgIpc) is 3.06. The summed E-state index contributed by atoms with van der Waals surface area (Å²) in [5, 5.41) is 13.1. The number of fused-ring (bicyclic) bond motifs is 1. The highest BCUT2D eigenvalue weighted by Gasteiger charge is 2.27. The van der Waals surface area contributed by atoms with Gasteiger partial charge in [-0.3, -0.25) is 9.78 Å². The quantitative estimate of drug-likeness (QED) is 0.703. The number of benzene rings is 1. The van der Waals surface area contributed by atoms with Crippen molar-refractivity contribution in [3.05, 3.63) is 65.0 Å². The highest BCUT2D eigenvalue weighted by molar-refractivity contribution is 6.06. The van der Waals surface area contributed by atoms with Crippen molar-refractivity contribution in [3.8, 4) is 0 Å². The summed E-state index contributed by atoms with van der Waals surface area (Å²) in [6, 6.07) is 4.85. The molecular formula is C22H23F2N3O2. The number of rotatable bonds is 4. The Bertz CT molecular complexity index is 1060. The Morgan fingerprint density at radius 3 is 2.86 bits per heavy atom. The Kier molecular flexibility index (Phi) is 5.32. The third kappa shape index (κ3) is 3.87. The van der Waals surface area contributed by atoms with Crippen molar-refractivity contribution in [1.82, 2.24) is 14.9 Å². The maximum Gasteiger partial charge on any atom is 0.255 e. The van der Waals surface area contributed by atoms with Gasteiger partial charge >= 0.3 is 0 Å². The molecule has 0 radical (unpaired) electrons. The summed E-state index contributed by atoms with van der Waals surface area (Å²) in [4.78, 5) is 17.3. The molecule has 1 saturated carbocycles. The van der Waals surface area contributed by atoms with E-state index >= 15 is 0 Å². The van der Waals surface area contributed by atoms with Gasteiger partial charge in [0.25, 0.3) is 5.91 Å². The average molecular weight is 399 g/mol. The second kappa shape index (κ2) is 7.91. The molecule has 29 heavy (non-hydrogen) atoms. The largest absolute Gasteiger partial charge is 0.391 e. The lowest BCUT2D eigenvalue weighted by Crippen LogP contribution is -2.45. The number of hydrogen-bond donors (Lipinski definition) is 2. The van der Waals surface area contributed by atoms with Crippen LogP contribution in [0.1, 0.15) is 47.2 Å². The van der Waals surface area contributed by atoms with Gasteiger partial charge < -0.3 is 15.0 Å². The number of aryl methyl sites for hydroxylation is 1. The molecular weight excluding hydrogens is 376 g/mol. The standard InChI is InChI=1S/C22H23F2N3O2/c1-13-8-9-25-20-16(22(29)26-18-4-2-3-5-19(18)28)12-27(21(13)20)11-14-10-15(23)6-7-17(14)24/h6-10,12,18-19,28H,2-5,11H2,1H3,(H,26,29)/t18-,19-/m0/s1. The zero-order valence-electron chi connectivity index (χ0n) is 16.2. The first-order valence-corrected chi connectivity index (χ1v) is 9.81. The van der Waals surface area contributed by atoms with Gasteiger partial charge in [-0.05, 0) is 49.6 Å². The molecule has 5 nitrogen and oxygen atoms in total. The van der Waals surface area contributed by atoms with Crippen LogP contribution in [0.15, 0.2) is 36.7 Å². The molecule has 0 aliphatic heterocycles. The van der Waals surface area contributed by atoms with Crippen molar-refractivity contribution in [1.29, 1.82) is 0 Å². The maximum atomic E-state index is 14.2. The van der Waals surface area contributed by atoms with Crippen LogP contribution in [0.2, 0.25) is 0 Å². The molecule has 1 aliphatic rings. The normalized spacial score (nSPS) is 19.4. The first-order valence-electron chi connectivity index (χ1n) is 9.81. The molecule has 7 heteroatoms. The van der Waals surface area contributed by atoms with Crippen molar-refractivity contribution in [3.63, 3.8) is 0 Å². The third-order valence-corrected chi connectivity index (χ3v) is 5.59. The Morgan fingerprint density at radius 1 is 1.28 bits per heavy atom. The Balaban J connectivity index is 1.71. The molecule has 2 atom stereocenters. The molecule has 4 rings (SSSR count). The Labute approximate surface area is 167 Å². The van der Waals surface area contributed by atoms with E-state index in [-0.39, 0.29) is 24.1 Å². The van der Waals surface area contributed by atoms with Crippen LogP contribution >= 0.6 is 0 Å². The lowest BCUT2D eigenvalue weighted by atomic mass is 9.92. The summed E-state index contributed by atoms with van der Waals surface area (Å²) in [7, 11) is 0. The molecule has 152 valence electrons. The van der Waals surface area contributed by atoms with Crippen molar-refractivity contribution in [2.45, 2.75) is 51.3 Å². The number of hydrogen-bond acceptors (Lipinski definition) is 3. The van der Waals surface area contributed by atoms with Crippen LogP contribution < -0.4 is 5.32 Å². The minimum Gasteiger partial charge on any atom is -0.391 e. The van der Waals surface area contributed by atoms with Crippen molar-refractivity contribution >= 4 is 16.9 Å². The second-order valence-electron chi connectivity index (χ2n) is 7.66. The first-order chi connectivity index (χ1) is 13.9. The van der Waals surface area contributed by atoms with Gasteiger partial charge in [0.05, 0.1) is 29.8 Å². The van der Waals surface area contributed by atoms with E-state index in [0.717, 1.165) is 43.0 Å². The summed E-state index contributed by atoms with van der Waals surface area (Å²) in [6.07, 6.45) is 6.00. The van der Waals surface area contributed by atoms with E-state index in [9.17, 15) is 18.7 Å². The van der Waals surface area contributed by atoms with Crippen molar-refractivity contribution in [2.75, 3.05) is 0 Å². The van der Waals surface area contributed by atoms with E-state index in [1.54, 1.807) is 17.0 Å². The van der Waals surface area contributed by atoms with Crippen LogP contribution in [-0.2, 0) is 6.54 Å². The van der Waals surface area contributed by atoms with E-state index in [1.165, 1.54) is 0 Å². The summed E-state index contributed by atoms with van der Waals surface area (Å²) in [5.74, 6) is -1.35. The van der Waals surface area contributed by atoms with Crippen LogP contribution in [0.3, 0.4) is 0 Å². The Morgan fingerprint density at radius 2 is 2.07 bits per heavy atom. The predicted octanol–water partition coefficient (Wildman–Crippen LogP) is 3.70. The number of pyridine rings is 1. The number of aromatic nitrogens is 2. The number of nitrogens with one attached hydrogen (secondary N) is 1. The highest BCUT2D eigenvalue weighted by atomic mass is 19.1. The van der Waals surface area contributed by atoms with E-state index in [4.69, 9.17) is 0 Å². The fraction of sp³-hybridized carbons (Fsp3) is 0.364. The number of aliphatic hydroxyl groups excluding tert-OH is 1. The monoisotopic (exact) mass is 399 g/mol. The molecule has 0 spiro atoms. The van der Waals surface area contributed by atoms with Gasteiger partial charge in [0.2, 0.25) is 0 Å². The Hall–Kier alpha value is -2.80. The SMILES string of the molecule is Cc1ccnc2c(C(=O)N[C@H]3CCCC[C@@H]3O)cn(Cc3cc(F)ccc3F)c12. The fourth-order valence-electron chi connectivity index (χ4n) is 4.06. The van der Waals surface area contributed by atoms with Crippen LogP contribution in [0.4, 0.5) is 8.78 Å². The molecule has 0 unspecified atom stereocenters. The van der Waals surface area contributed by atoms with Gasteiger partial charge in [0.15, 0.2) is 0 Å². The first kappa shape index (κ1) is 19.5. The molecule has 3 aromatic rings. The second-order valence-corrected chi connectivity index (χ2v) is 7.66. The molecule has 2 heterocycles. The van der Waals surface area contributed by atoms with E-state index in [1.807, 2.05) is 13.0 Å². The topological polar surface area (TPSA) is 67.2 Å². The maximum absolute atomic E-state index is 14.2. The van der Waals surface area contributed by atoms with Crippen LogP contribution in [0.25, 0.3) is 11.0 Å². The summed E-state index contributed by atoms with van der Waals surface area (Å²) >= 11 is 0. The van der Waals surface area contributed by atoms with Crippen molar-refractivity contribution < 1.29 is 18.7 Å². The van der Waals surface area contributed by atoms with Gasteiger partial charge in [-0.2, -0.15) is 0 Å². The number of carbonyl (C=O) groups is 1. The molecule has 2 N–H and O–H groups in total.